The molecule has 1 heterocycles. The van der Waals surface area contributed by atoms with Crippen molar-refractivity contribution in [3.8, 4) is 0 Å². The van der Waals surface area contributed by atoms with E-state index in [2.05, 4.69) is 22.1 Å². The van der Waals surface area contributed by atoms with Crippen LogP contribution in [0.1, 0.15) is 22.6 Å². The Morgan fingerprint density at radius 2 is 1.52 bits per heavy atom. The fourth-order valence-corrected chi connectivity index (χ4v) is 3.36. The van der Waals surface area contributed by atoms with E-state index in [0.29, 0.717) is 6.54 Å². The van der Waals surface area contributed by atoms with Crippen molar-refractivity contribution in [1.29, 1.82) is 0 Å². The van der Waals surface area contributed by atoms with Gasteiger partial charge in [0.25, 0.3) is 0 Å². The van der Waals surface area contributed by atoms with Crippen LogP contribution >= 0.6 is 11.3 Å². The maximum atomic E-state index is 12.8. The molecule has 2 aromatic carbocycles. The van der Waals surface area contributed by atoms with E-state index in [0.717, 1.165) is 17.5 Å². The molecule has 0 aliphatic heterocycles. The van der Waals surface area contributed by atoms with Gasteiger partial charge in [-0.05, 0) is 39.9 Å². The zero-order valence-electron chi connectivity index (χ0n) is 12.8. The van der Waals surface area contributed by atoms with Crippen molar-refractivity contribution < 1.29 is 4.79 Å². The molecule has 23 heavy (non-hydrogen) atoms. The largest absolute Gasteiger partial charge is 0.355 e. The molecule has 3 aromatic rings. The normalized spacial score (nSPS) is 10.7. The fourth-order valence-electron chi connectivity index (χ4n) is 2.65. The summed E-state index contributed by atoms with van der Waals surface area (Å²) in [6, 6.07) is 22.0. The smallest absolute Gasteiger partial charge is 0.232 e. The van der Waals surface area contributed by atoms with Gasteiger partial charge in [0.05, 0.1) is 5.92 Å². The molecule has 0 saturated carbocycles. The van der Waals surface area contributed by atoms with Crippen molar-refractivity contribution >= 4 is 17.2 Å². The Balaban J connectivity index is 1.74. The molecule has 0 saturated heterocycles. The summed E-state index contributed by atoms with van der Waals surface area (Å²) in [6.45, 7) is 0.658. The topological polar surface area (TPSA) is 29.1 Å². The third kappa shape index (κ3) is 4.08. The number of hydrogen-bond donors (Lipinski definition) is 1. The summed E-state index contributed by atoms with van der Waals surface area (Å²) in [5.41, 5.74) is 3.31. The van der Waals surface area contributed by atoms with Gasteiger partial charge in [-0.3, -0.25) is 4.79 Å². The second-order valence-corrected chi connectivity index (χ2v) is 6.21. The monoisotopic (exact) mass is 321 g/mol. The van der Waals surface area contributed by atoms with E-state index < -0.39 is 0 Å². The van der Waals surface area contributed by atoms with E-state index in [1.165, 1.54) is 5.56 Å². The van der Waals surface area contributed by atoms with Gasteiger partial charge in [-0.2, -0.15) is 11.3 Å². The molecule has 0 fully saturated rings. The molecule has 1 N–H and O–H groups in total. The van der Waals surface area contributed by atoms with Crippen LogP contribution in [0.25, 0.3) is 0 Å². The van der Waals surface area contributed by atoms with Crippen LogP contribution in [0, 0.1) is 0 Å². The van der Waals surface area contributed by atoms with Crippen molar-refractivity contribution in [3.05, 3.63) is 94.2 Å². The lowest BCUT2D eigenvalue weighted by Crippen LogP contribution is -2.31. The number of thiophene rings is 1. The van der Waals surface area contributed by atoms with Crippen molar-refractivity contribution in [2.75, 3.05) is 6.54 Å². The minimum absolute atomic E-state index is 0.0534. The lowest BCUT2D eigenvalue weighted by Gasteiger charge is -2.17. The molecule has 0 unspecified atom stereocenters. The van der Waals surface area contributed by atoms with Gasteiger partial charge in [0.1, 0.15) is 0 Å². The molecule has 1 amide bonds. The summed E-state index contributed by atoms with van der Waals surface area (Å²) in [5.74, 6) is -0.211. The molecule has 0 aliphatic rings. The Morgan fingerprint density at radius 3 is 2.04 bits per heavy atom. The lowest BCUT2D eigenvalue weighted by molar-refractivity contribution is -0.121. The highest BCUT2D eigenvalue weighted by Crippen LogP contribution is 2.24. The predicted octanol–water partition coefficient (Wildman–Crippen LogP) is 4.24. The molecular formula is C20H19NOS. The molecule has 0 spiro atoms. The zero-order valence-corrected chi connectivity index (χ0v) is 13.6. The second-order valence-electron chi connectivity index (χ2n) is 5.43. The van der Waals surface area contributed by atoms with E-state index in [1.54, 1.807) is 11.3 Å². The van der Waals surface area contributed by atoms with Crippen molar-refractivity contribution in [1.82, 2.24) is 5.32 Å². The molecule has 3 heteroatoms. The van der Waals surface area contributed by atoms with Gasteiger partial charge in [-0.15, -0.1) is 0 Å². The van der Waals surface area contributed by atoms with Gasteiger partial charge in [0.15, 0.2) is 0 Å². The van der Waals surface area contributed by atoms with E-state index in [-0.39, 0.29) is 11.8 Å². The van der Waals surface area contributed by atoms with E-state index in [1.807, 2.05) is 60.7 Å². The number of carbonyl (C=O) groups is 1. The highest BCUT2D eigenvalue weighted by molar-refractivity contribution is 7.07. The summed E-state index contributed by atoms with van der Waals surface area (Å²) < 4.78 is 0. The summed E-state index contributed by atoms with van der Waals surface area (Å²) >= 11 is 1.69. The number of rotatable bonds is 6. The highest BCUT2D eigenvalue weighted by atomic mass is 32.1. The Labute approximate surface area is 140 Å². The van der Waals surface area contributed by atoms with E-state index >= 15 is 0 Å². The average Bonchev–Trinajstić information content (AvgIpc) is 3.10. The van der Waals surface area contributed by atoms with Crippen molar-refractivity contribution in [2.45, 2.75) is 12.3 Å². The number of benzene rings is 2. The second kappa shape index (κ2) is 7.75. The van der Waals surface area contributed by atoms with Crippen molar-refractivity contribution in [3.63, 3.8) is 0 Å². The third-order valence-electron chi connectivity index (χ3n) is 3.82. The maximum Gasteiger partial charge on any atom is 0.232 e. The molecule has 3 rings (SSSR count). The van der Waals surface area contributed by atoms with Crippen LogP contribution < -0.4 is 5.32 Å². The van der Waals surface area contributed by atoms with E-state index in [9.17, 15) is 4.79 Å². The fraction of sp³-hybridized carbons (Fsp3) is 0.150. The summed E-state index contributed by atoms with van der Waals surface area (Å²) in [4.78, 5) is 12.8. The quantitative estimate of drug-likeness (QED) is 0.723. The molecule has 2 nitrogen and oxygen atoms in total. The van der Waals surface area contributed by atoms with Crippen LogP contribution in [0.5, 0.6) is 0 Å². The highest BCUT2D eigenvalue weighted by Gasteiger charge is 2.21. The molecule has 0 atom stereocenters. The third-order valence-corrected chi connectivity index (χ3v) is 4.55. The number of nitrogens with one attached hydrogen (secondary N) is 1. The SMILES string of the molecule is O=C(NCCc1ccsc1)C(c1ccccc1)c1ccccc1. The van der Waals surface area contributed by atoms with Crippen LogP contribution in [-0.2, 0) is 11.2 Å². The van der Waals surface area contributed by atoms with Gasteiger partial charge >= 0.3 is 0 Å². The van der Waals surface area contributed by atoms with Gasteiger partial charge in [-0.25, -0.2) is 0 Å². The van der Waals surface area contributed by atoms with Crippen LogP contribution in [0.2, 0.25) is 0 Å². The summed E-state index contributed by atoms with van der Waals surface area (Å²) in [6.07, 6.45) is 0.867. The lowest BCUT2D eigenvalue weighted by atomic mass is 9.90. The van der Waals surface area contributed by atoms with Gasteiger partial charge in [-0.1, -0.05) is 60.7 Å². The Morgan fingerprint density at radius 1 is 0.913 bits per heavy atom. The molecule has 0 aliphatic carbocycles. The van der Waals surface area contributed by atoms with E-state index in [4.69, 9.17) is 0 Å². The van der Waals surface area contributed by atoms with Gasteiger partial charge in [0, 0.05) is 6.54 Å². The number of hydrogen-bond acceptors (Lipinski definition) is 2. The minimum Gasteiger partial charge on any atom is -0.355 e. The standard InChI is InChI=1S/C20H19NOS/c22-20(21-13-11-16-12-14-23-15-16)19(17-7-3-1-4-8-17)18-9-5-2-6-10-18/h1-10,12,14-15,19H,11,13H2,(H,21,22). The van der Waals surface area contributed by atoms with Gasteiger partial charge < -0.3 is 5.32 Å². The first-order valence-electron chi connectivity index (χ1n) is 7.73. The first kappa shape index (κ1) is 15.5. The first-order valence-corrected chi connectivity index (χ1v) is 8.67. The summed E-state index contributed by atoms with van der Waals surface area (Å²) in [5, 5.41) is 7.27. The molecule has 0 bridgehead atoms. The summed E-state index contributed by atoms with van der Waals surface area (Å²) in [7, 11) is 0. The Kier molecular flexibility index (Phi) is 5.22. The van der Waals surface area contributed by atoms with Crippen LogP contribution in [0.3, 0.4) is 0 Å². The predicted molar refractivity (Wildman–Crippen MR) is 95.8 cm³/mol. The zero-order chi connectivity index (χ0) is 15.9. The van der Waals surface area contributed by atoms with Crippen LogP contribution in [0.15, 0.2) is 77.5 Å². The van der Waals surface area contributed by atoms with Crippen LogP contribution in [0.4, 0.5) is 0 Å². The maximum absolute atomic E-state index is 12.8. The average molecular weight is 321 g/mol. The Hall–Kier alpha value is -2.39. The first-order chi connectivity index (χ1) is 11.3. The molecule has 0 radical (unpaired) electrons. The van der Waals surface area contributed by atoms with Crippen molar-refractivity contribution in [2.24, 2.45) is 0 Å². The number of carbonyl (C=O) groups excluding carboxylic acids is 1. The van der Waals surface area contributed by atoms with Gasteiger partial charge in [0.2, 0.25) is 5.91 Å². The van der Waals surface area contributed by atoms with Crippen LogP contribution in [-0.4, -0.2) is 12.5 Å². The number of amides is 1. The minimum atomic E-state index is -0.264. The Bertz CT molecular complexity index is 683. The molecule has 116 valence electrons. The molecular weight excluding hydrogens is 302 g/mol. The molecule has 1 aromatic heterocycles.